The molecule has 3 rings (SSSR count). The molecule has 25 heavy (non-hydrogen) atoms. The monoisotopic (exact) mass is 355 g/mol. The van der Waals surface area contributed by atoms with Gasteiger partial charge in [0.2, 0.25) is 0 Å². The van der Waals surface area contributed by atoms with E-state index in [0.717, 1.165) is 11.1 Å². The molecule has 6 heteroatoms. The van der Waals surface area contributed by atoms with E-state index in [0.29, 0.717) is 26.9 Å². The second kappa shape index (κ2) is 6.94. The highest BCUT2D eigenvalue weighted by Gasteiger charge is 2.17. The average molecular weight is 355 g/mol. The number of methoxy groups -OCH3 is 1. The number of nitrogens with zero attached hydrogens (tertiary/aromatic N) is 1. The van der Waals surface area contributed by atoms with Crippen molar-refractivity contribution in [2.24, 2.45) is 0 Å². The first-order valence-electron chi connectivity index (χ1n) is 7.64. The van der Waals surface area contributed by atoms with E-state index in [1.807, 2.05) is 31.2 Å². The summed E-state index contributed by atoms with van der Waals surface area (Å²) in [5.41, 5.74) is 3.38. The van der Waals surface area contributed by atoms with E-state index in [2.05, 4.69) is 4.98 Å². The van der Waals surface area contributed by atoms with Gasteiger partial charge in [-0.3, -0.25) is 4.79 Å². The molecule has 2 aromatic carbocycles. The molecule has 0 bridgehead atoms. The molecule has 0 aliphatic heterocycles. The SMILES string of the molecule is COc1ccc(-c2nc(-c3ccc(C)cc3)c(CC(=O)O)s2)cc1O. The first-order valence-corrected chi connectivity index (χ1v) is 8.45. The van der Waals surface area contributed by atoms with E-state index >= 15 is 0 Å². The summed E-state index contributed by atoms with van der Waals surface area (Å²) < 4.78 is 5.05. The molecule has 128 valence electrons. The van der Waals surface area contributed by atoms with Crippen molar-refractivity contribution in [2.75, 3.05) is 7.11 Å². The van der Waals surface area contributed by atoms with Crippen LogP contribution in [0.5, 0.6) is 11.5 Å². The second-order valence-corrected chi connectivity index (χ2v) is 6.70. The van der Waals surface area contributed by atoms with Gasteiger partial charge in [0.1, 0.15) is 5.01 Å². The number of rotatable bonds is 5. The Kier molecular flexibility index (Phi) is 4.72. The Morgan fingerprint density at radius 2 is 1.84 bits per heavy atom. The number of aliphatic carboxylic acids is 1. The molecule has 0 spiro atoms. The Hall–Kier alpha value is -2.86. The van der Waals surface area contributed by atoms with E-state index in [-0.39, 0.29) is 12.2 Å². The minimum Gasteiger partial charge on any atom is -0.504 e. The number of carboxylic acids is 1. The van der Waals surface area contributed by atoms with Gasteiger partial charge in [-0.15, -0.1) is 11.3 Å². The molecule has 0 saturated carbocycles. The smallest absolute Gasteiger partial charge is 0.308 e. The Labute approximate surface area is 149 Å². The lowest BCUT2D eigenvalue weighted by Gasteiger charge is -2.04. The number of hydrogen-bond acceptors (Lipinski definition) is 5. The quantitative estimate of drug-likeness (QED) is 0.719. The second-order valence-electron chi connectivity index (χ2n) is 5.61. The van der Waals surface area contributed by atoms with Gasteiger partial charge in [-0.2, -0.15) is 0 Å². The third-order valence-electron chi connectivity index (χ3n) is 3.76. The maximum absolute atomic E-state index is 11.2. The number of ether oxygens (including phenoxy) is 1. The van der Waals surface area contributed by atoms with Crippen molar-refractivity contribution < 1.29 is 19.7 Å². The highest BCUT2D eigenvalue weighted by Crippen LogP contribution is 2.37. The summed E-state index contributed by atoms with van der Waals surface area (Å²) in [7, 11) is 1.48. The molecule has 5 nitrogen and oxygen atoms in total. The van der Waals surface area contributed by atoms with Gasteiger partial charge < -0.3 is 14.9 Å². The van der Waals surface area contributed by atoms with E-state index in [9.17, 15) is 15.0 Å². The van der Waals surface area contributed by atoms with Crippen LogP contribution in [-0.2, 0) is 11.2 Å². The predicted molar refractivity (Wildman–Crippen MR) is 97.3 cm³/mol. The van der Waals surface area contributed by atoms with Crippen LogP contribution >= 0.6 is 11.3 Å². The minimum absolute atomic E-state index is 0.0203. The molecule has 3 aromatic rings. The molecule has 0 fully saturated rings. The van der Waals surface area contributed by atoms with E-state index in [1.54, 1.807) is 18.2 Å². The molecular weight excluding hydrogens is 338 g/mol. The van der Waals surface area contributed by atoms with E-state index < -0.39 is 5.97 Å². The standard InChI is InChI=1S/C19H17NO4S/c1-11-3-5-12(6-4-11)18-16(10-17(22)23)25-19(20-18)13-7-8-15(24-2)14(21)9-13/h3-9,21H,10H2,1-2H3,(H,22,23). The number of aryl methyl sites for hydroxylation is 1. The topological polar surface area (TPSA) is 79.7 Å². The van der Waals surface area contributed by atoms with Crippen molar-refractivity contribution in [3.63, 3.8) is 0 Å². The van der Waals surface area contributed by atoms with Crippen molar-refractivity contribution in [1.82, 2.24) is 4.98 Å². The summed E-state index contributed by atoms with van der Waals surface area (Å²) in [6, 6.07) is 12.8. The Morgan fingerprint density at radius 1 is 1.16 bits per heavy atom. The maximum atomic E-state index is 11.2. The number of aromatic nitrogens is 1. The van der Waals surface area contributed by atoms with Gasteiger partial charge >= 0.3 is 5.97 Å². The Balaban J connectivity index is 2.08. The Bertz CT molecular complexity index is 916. The summed E-state index contributed by atoms with van der Waals surface area (Å²) in [6.45, 7) is 1.99. The molecular formula is C19H17NO4S. The largest absolute Gasteiger partial charge is 0.504 e. The summed E-state index contributed by atoms with van der Waals surface area (Å²) in [5, 5.41) is 19.8. The molecule has 2 N–H and O–H groups in total. The van der Waals surface area contributed by atoms with Gasteiger partial charge in [-0.1, -0.05) is 29.8 Å². The lowest BCUT2D eigenvalue weighted by Crippen LogP contribution is -1.99. The van der Waals surface area contributed by atoms with Gasteiger partial charge in [0.15, 0.2) is 11.5 Å². The number of thiazole rings is 1. The molecule has 1 heterocycles. The molecule has 1 aromatic heterocycles. The van der Waals surface area contributed by atoms with E-state index in [4.69, 9.17) is 4.74 Å². The van der Waals surface area contributed by atoms with Crippen molar-refractivity contribution in [2.45, 2.75) is 13.3 Å². The van der Waals surface area contributed by atoms with Crippen LogP contribution in [0.2, 0.25) is 0 Å². The summed E-state index contributed by atoms with van der Waals surface area (Å²) in [4.78, 5) is 16.5. The molecule has 0 amide bonds. The van der Waals surface area contributed by atoms with Crippen LogP contribution in [0.15, 0.2) is 42.5 Å². The fraction of sp³-hybridized carbons (Fsp3) is 0.158. The number of carbonyl (C=O) groups is 1. The van der Waals surface area contributed by atoms with Crippen molar-refractivity contribution in [3.05, 3.63) is 52.9 Å². The number of benzene rings is 2. The fourth-order valence-electron chi connectivity index (χ4n) is 2.49. The first-order chi connectivity index (χ1) is 12.0. The first kappa shape index (κ1) is 17.0. The number of phenolic OH excluding ortho intramolecular Hbond substituents is 1. The van der Waals surface area contributed by atoms with Crippen molar-refractivity contribution in [3.8, 4) is 33.3 Å². The molecule has 0 radical (unpaired) electrons. The zero-order valence-corrected chi connectivity index (χ0v) is 14.6. The third kappa shape index (κ3) is 3.64. The highest BCUT2D eigenvalue weighted by atomic mass is 32.1. The van der Waals surface area contributed by atoms with E-state index in [1.165, 1.54) is 18.4 Å². The highest BCUT2D eigenvalue weighted by molar-refractivity contribution is 7.15. The number of carboxylic acid groups (broad SMARTS) is 1. The van der Waals surface area contributed by atoms with Gasteiger partial charge in [0.25, 0.3) is 0 Å². The maximum Gasteiger partial charge on any atom is 0.308 e. The zero-order valence-electron chi connectivity index (χ0n) is 13.8. The lowest BCUT2D eigenvalue weighted by atomic mass is 10.1. The van der Waals surface area contributed by atoms with Crippen molar-refractivity contribution >= 4 is 17.3 Å². The van der Waals surface area contributed by atoms with Gasteiger partial charge in [-0.25, -0.2) is 4.98 Å². The van der Waals surface area contributed by atoms with Gasteiger partial charge in [-0.05, 0) is 25.1 Å². The minimum atomic E-state index is -0.902. The summed E-state index contributed by atoms with van der Waals surface area (Å²) in [6.07, 6.45) is -0.0942. The van der Waals surface area contributed by atoms with Gasteiger partial charge in [0.05, 0.1) is 19.2 Å². The average Bonchev–Trinajstić information content (AvgIpc) is 2.98. The summed E-state index contributed by atoms with van der Waals surface area (Å²) in [5.74, 6) is -0.502. The molecule has 0 saturated heterocycles. The molecule has 0 atom stereocenters. The molecule has 0 unspecified atom stereocenters. The molecule has 0 aliphatic carbocycles. The van der Waals surface area contributed by atoms with Crippen LogP contribution < -0.4 is 4.74 Å². The van der Waals surface area contributed by atoms with Crippen LogP contribution in [-0.4, -0.2) is 28.3 Å². The van der Waals surface area contributed by atoms with Gasteiger partial charge in [0, 0.05) is 16.0 Å². The normalized spacial score (nSPS) is 10.6. The van der Waals surface area contributed by atoms with Crippen molar-refractivity contribution in [1.29, 1.82) is 0 Å². The lowest BCUT2D eigenvalue weighted by molar-refractivity contribution is -0.136. The van der Waals surface area contributed by atoms with Crippen LogP contribution in [0.25, 0.3) is 21.8 Å². The van der Waals surface area contributed by atoms with Crippen LogP contribution in [0.4, 0.5) is 0 Å². The van der Waals surface area contributed by atoms with Crippen LogP contribution in [0, 0.1) is 6.92 Å². The van der Waals surface area contributed by atoms with Crippen LogP contribution in [0.3, 0.4) is 0 Å². The third-order valence-corrected chi connectivity index (χ3v) is 4.86. The molecule has 0 aliphatic rings. The summed E-state index contributed by atoms with van der Waals surface area (Å²) >= 11 is 1.32. The van der Waals surface area contributed by atoms with Crippen LogP contribution in [0.1, 0.15) is 10.4 Å². The predicted octanol–water partition coefficient (Wildman–Crippen LogP) is 4.13. The fourth-order valence-corrected chi connectivity index (χ4v) is 3.56. The number of aromatic hydroxyl groups is 1. The number of hydrogen-bond donors (Lipinski definition) is 2. The zero-order chi connectivity index (χ0) is 18.0. The number of phenols is 1. The Morgan fingerprint density at radius 3 is 2.44 bits per heavy atom.